The lowest BCUT2D eigenvalue weighted by Gasteiger charge is -2.37. The number of nitrogens with zero attached hydrogens (tertiary/aromatic N) is 1. The van der Waals surface area contributed by atoms with Crippen molar-refractivity contribution >= 4 is 5.97 Å². The zero-order valence-electron chi connectivity index (χ0n) is 13.8. The first kappa shape index (κ1) is 15.3. The minimum absolute atomic E-state index is 0.0101. The summed E-state index contributed by atoms with van der Waals surface area (Å²) in [5.41, 5.74) is -0.0683. The highest BCUT2D eigenvalue weighted by Gasteiger charge is 2.55. The van der Waals surface area contributed by atoms with Crippen LogP contribution in [0.2, 0.25) is 0 Å². The van der Waals surface area contributed by atoms with Crippen molar-refractivity contribution in [2.24, 2.45) is 11.3 Å². The molecule has 1 saturated heterocycles. The lowest BCUT2D eigenvalue weighted by atomic mass is 9.91. The smallest absolute Gasteiger partial charge is 0.327 e. The van der Waals surface area contributed by atoms with E-state index in [0.29, 0.717) is 24.0 Å². The van der Waals surface area contributed by atoms with Crippen LogP contribution in [-0.2, 0) is 9.53 Å². The zero-order chi connectivity index (χ0) is 15.1. The van der Waals surface area contributed by atoms with Gasteiger partial charge in [-0.05, 0) is 56.9 Å². The van der Waals surface area contributed by atoms with Crippen LogP contribution < -0.4 is 5.32 Å². The topological polar surface area (TPSA) is 41.6 Å². The molecule has 4 heteroatoms. The van der Waals surface area contributed by atoms with Crippen LogP contribution in [0, 0.1) is 11.3 Å². The molecule has 2 aliphatic carbocycles. The van der Waals surface area contributed by atoms with E-state index in [1.165, 1.54) is 19.3 Å². The van der Waals surface area contributed by atoms with E-state index in [0.717, 1.165) is 32.5 Å². The summed E-state index contributed by atoms with van der Waals surface area (Å²) in [6.45, 7) is 10.1. The molecule has 3 fully saturated rings. The fraction of sp³-hybridized carbons (Fsp3) is 0.941. The van der Waals surface area contributed by atoms with Crippen LogP contribution in [-0.4, -0.2) is 48.7 Å². The summed E-state index contributed by atoms with van der Waals surface area (Å²) in [6, 6.07) is 0.533. The largest absolute Gasteiger partial charge is 0.465 e. The van der Waals surface area contributed by atoms with Crippen molar-refractivity contribution in [2.75, 3.05) is 26.2 Å². The van der Waals surface area contributed by atoms with Gasteiger partial charge in [0.05, 0.1) is 6.61 Å². The van der Waals surface area contributed by atoms with Crippen molar-refractivity contribution in [3.8, 4) is 0 Å². The van der Waals surface area contributed by atoms with E-state index in [1.54, 1.807) is 0 Å². The molecule has 2 saturated carbocycles. The van der Waals surface area contributed by atoms with Crippen LogP contribution >= 0.6 is 0 Å². The average molecular weight is 294 g/mol. The van der Waals surface area contributed by atoms with Gasteiger partial charge in [-0.15, -0.1) is 0 Å². The highest BCUT2D eigenvalue weighted by atomic mass is 16.5. The third-order valence-electron chi connectivity index (χ3n) is 5.18. The van der Waals surface area contributed by atoms with Gasteiger partial charge in [-0.2, -0.15) is 0 Å². The second-order valence-electron chi connectivity index (χ2n) is 8.01. The Bertz CT molecular complexity index is 402. The lowest BCUT2D eigenvalue weighted by Crippen LogP contribution is -2.62. The first-order valence-electron chi connectivity index (χ1n) is 8.62. The van der Waals surface area contributed by atoms with Crippen molar-refractivity contribution in [3.05, 3.63) is 0 Å². The highest BCUT2D eigenvalue weighted by molar-refractivity contribution is 5.82. The van der Waals surface area contributed by atoms with Crippen LogP contribution in [0.15, 0.2) is 0 Å². The number of nitrogens with one attached hydrogen (secondary N) is 1. The molecule has 0 bridgehead atoms. The zero-order valence-corrected chi connectivity index (χ0v) is 13.8. The van der Waals surface area contributed by atoms with Crippen LogP contribution in [0.25, 0.3) is 0 Å². The quantitative estimate of drug-likeness (QED) is 0.731. The summed E-state index contributed by atoms with van der Waals surface area (Å²) in [5.74, 6) is 0.463. The molecular weight excluding hydrogens is 264 g/mol. The molecule has 0 amide bonds. The van der Waals surface area contributed by atoms with E-state index in [-0.39, 0.29) is 5.97 Å². The number of hydrogen-bond donors (Lipinski definition) is 1. The van der Waals surface area contributed by atoms with Gasteiger partial charge in [0.15, 0.2) is 0 Å². The number of ether oxygens (including phenoxy) is 1. The highest BCUT2D eigenvalue weighted by Crippen LogP contribution is 2.44. The van der Waals surface area contributed by atoms with Gasteiger partial charge in [0.1, 0.15) is 5.54 Å². The maximum atomic E-state index is 12.7. The minimum Gasteiger partial charge on any atom is -0.465 e. The summed E-state index contributed by atoms with van der Waals surface area (Å²) in [4.78, 5) is 15.2. The summed E-state index contributed by atoms with van der Waals surface area (Å²) >= 11 is 0. The molecular formula is C17H30N2O2. The third-order valence-corrected chi connectivity index (χ3v) is 5.18. The van der Waals surface area contributed by atoms with Crippen molar-refractivity contribution in [3.63, 3.8) is 0 Å². The van der Waals surface area contributed by atoms with Crippen molar-refractivity contribution in [1.82, 2.24) is 10.2 Å². The Hall–Kier alpha value is -0.610. The molecule has 120 valence electrons. The van der Waals surface area contributed by atoms with Crippen LogP contribution in [0.5, 0.6) is 0 Å². The molecule has 0 aromatic rings. The summed E-state index contributed by atoms with van der Waals surface area (Å²) in [6.07, 6.45) is 5.96. The van der Waals surface area contributed by atoms with Crippen LogP contribution in [0.4, 0.5) is 0 Å². The van der Waals surface area contributed by atoms with Gasteiger partial charge in [0.2, 0.25) is 0 Å². The fourth-order valence-electron chi connectivity index (χ4n) is 3.72. The van der Waals surface area contributed by atoms with Crippen molar-refractivity contribution in [1.29, 1.82) is 0 Å². The fourth-order valence-corrected chi connectivity index (χ4v) is 3.72. The van der Waals surface area contributed by atoms with Crippen molar-refractivity contribution in [2.45, 2.75) is 64.5 Å². The lowest BCUT2D eigenvalue weighted by molar-refractivity contribution is -0.153. The van der Waals surface area contributed by atoms with Gasteiger partial charge in [-0.25, -0.2) is 4.79 Å². The molecule has 1 aliphatic heterocycles. The van der Waals surface area contributed by atoms with E-state index in [9.17, 15) is 4.79 Å². The second-order valence-corrected chi connectivity index (χ2v) is 8.01. The summed E-state index contributed by atoms with van der Waals surface area (Å²) in [5, 5.41) is 3.69. The van der Waals surface area contributed by atoms with E-state index < -0.39 is 5.54 Å². The number of likely N-dealkylation sites (tertiary alicyclic amines) is 1. The molecule has 1 heterocycles. The Balaban J connectivity index is 1.75. The van der Waals surface area contributed by atoms with Crippen LogP contribution in [0.3, 0.4) is 0 Å². The molecule has 0 spiro atoms. The molecule has 1 N–H and O–H groups in total. The maximum absolute atomic E-state index is 12.7. The predicted octanol–water partition coefficient (Wildman–Crippen LogP) is 2.18. The van der Waals surface area contributed by atoms with Crippen molar-refractivity contribution < 1.29 is 9.53 Å². The van der Waals surface area contributed by atoms with E-state index in [4.69, 9.17) is 4.74 Å². The number of rotatable bonds is 7. The van der Waals surface area contributed by atoms with Gasteiger partial charge in [0, 0.05) is 19.1 Å². The molecule has 0 aromatic heterocycles. The Morgan fingerprint density at radius 1 is 1.33 bits per heavy atom. The standard InChI is InChI=1S/C17H30N2O2/c1-4-21-15(20)17(13-5-6-13,18-14-7-8-14)12-19-10-9-16(2,3)11-19/h13-14,18H,4-12H2,1-3H3. The SMILES string of the molecule is CCOC(=O)C(CN1CCC(C)(C)C1)(NC1CC1)C1CC1. The first-order chi connectivity index (χ1) is 9.95. The van der Waals surface area contributed by atoms with Gasteiger partial charge in [-0.1, -0.05) is 13.8 Å². The Labute approximate surface area is 128 Å². The van der Waals surface area contributed by atoms with Gasteiger partial charge in [0.25, 0.3) is 0 Å². The van der Waals surface area contributed by atoms with E-state index in [1.807, 2.05) is 6.92 Å². The maximum Gasteiger partial charge on any atom is 0.327 e. The molecule has 1 atom stereocenters. The Morgan fingerprint density at radius 2 is 2.05 bits per heavy atom. The molecule has 0 radical (unpaired) electrons. The molecule has 1 unspecified atom stereocenters. The molecule has 4 nitrogen and oxygen atoms in total. The second kappa shape index (κ2) is 5.54. The number of hydrogen-bond acceptors (Lipinski definition) is 4. The molecule has 21 heavy (non-hydrogen) atoms. The normalized spacial score (nSPS) is 28.3. The third kappa shape index (κ3) is 3.42. The Morgan fingerprint density at radius 3 is 2.52 bits per heavy atom. The van der Waals surface area contributed by atoms with Gasteiger partial charge < -0.3 is 9.64 Å². The van der Waals surface area contributed by atoms with Crippen LogP contribution in [0.1, 0.15) is 52.9 Å². The number of carbonyl (C=O) groups excluding carboxylic acids is 1. The summed E-state index contributed by atoms with van der Waals surface area (Å²) in [7, 11) is 0. The number of esters is 1. The van der Waals surface area contributed by atoms with E-state index >= 15 is 0 Å². The van der Waals surface area contributed by atoms with E-state index in [2.05, 4.69) is 24.1 Å². The monoisotopic (exact) mass is 294 g/mol. The predicted molar refractivity (Wildman–Crippen MR) is 83.1 cm³/mol. The molecule has 3 rings (SSSR count). The molecule has 3 aliphatic rings. The number of carbonyl (C=O) groups is 1. The van der Waals surface area contributed by atoms with Gasteiger partial charge in [-0.3, -0.25) is 5.32 Å². The average Bonchev–Trinajstić information content (AvgIpc) is 3.29. The Kier molecular flexibility index (Phi) is 4.04. The first-order valence-corrected chi connectivity index (χ1v) is 8.62. The minimum atomic E-state index is -0.447. The summed E-state index contributed by atoms with van der Waals surface area (Å²) < 4.78 is 5.47. The van der Waals surface area contributed by atoms with Gasteiger partial charge >= 0.3 is 5.97 Å². The molecule has 0 aromatic carbocycles.